The van der Waals surface area contributed by atoms with Crippen LogP contribution in [0, 0.1) is 10.7 Å². The number of halogens is 1. The van der Waals surface area contributed by atoms with Crippen LogP contribution >= 0.6 is 0 Å². The molecule has 0 radical (unpaired) electrons. The van der Waals surface area contributed by atoms with Crippen LogP contribution in [-0.2, 0) is 4.74 Å². The van der Waals surface area contributed by atoms with E-state index in [0.29, 0.717) is 0 Å². The molecule has 0 atom stereocenters. The number of nitrogen functional groups attached to an aromatic ring is 1. The number of carbonyl (C=O) groups is 1. The molecule has 1 aromatic carbocycles. The summed E-state index contributed by atoms with van der Waals surface area (Å²) in [6, 6.07) is 1.83. The van der Waals surface area contributed by atoms with Crippen molar-refractivity contribution in [3.8, 4) is 0 Å². The number of nitroso groups, excluding NO2 is 1. The van der Waals surface area contributed by atoms with E-state index in [9.17, 15) is 14.1 Å². The number of anilines is 1. The summed E-state index contributed by atoms with van der Waals surface area (Å²) in [6.07, 6.45) is 0. The van der Waals surface area contributed by atoms with E-state index in [4.69, 9.17) is 5.73 Å². The Morgan fingerprint density at radius 1 is 1.60 bits per heavy atom. The molecule has 0 unspecified atom stereocenters. The van der Waals surface area contributed by atoms with Crippen molar-refractivity contribution in [1.82, 2.24) is 0 Å². The summed E-state index contributed by atoms with van der Waals surface area (Å²) < 4.78 is 17.8. The normalized spacial score (nSPS) is 9.73. The summed E-state index contributed by atoms with van der Waals surface area (Å²) in [5.74, 6) is -1.68. The molecule has 0 saturated carbocycles. The van der Waals surface area contributed by atoms with Gasteiger partial charge in [-0.25, -0.2) is 9.18 Å². The number of ether oxygens (including phenoxy) is 1. The summed E-state index contributed by atoms with van der Waals surface area (Å²) in [7, 11) is 0. The van der Waals surface area contributed by atoms with Crippen molar-refractivity contribution in [2.75, 3.05) is 12.3 Å². The number of hydrogen-bond acceptors (Lipinski definition) is 5. The van der Waals surface area contributed by atoms with Gasteiger partial charge in [0.25, 0.3) is 0 Å². The van der Waals surface area contributed by atoms with E-state index in [1.54, 1.807) is 6.92 Å². The van der Waals surface area contributed by atoms with E-state index in [2.05, 4.69) is 9.91 Å². The van der Waals surface area contributed by atoms with E-state index in [1.807, 2.05) is 0 Å². The summed E-state index contributed by atoms with van der Waals surface area (Å²) in [5, 5.41) is 2.56. The quantitative estimate of drug-likeness (QED) is 0.471. The molecule has 0 aliphatic rings. The van der Waals surface area contributed by atoms with Gasteiger partial charge in [0, 0.05) is 0 Å². The first-order chi connectivity index (χ1) is 7.10. The number of rotatable bonds is 3. The van der Waals surface area contributed by atoms with Crippen LogP contribution in [-0.4, -0.2) is 12.6 Å². The molecule has 5 nitrogen and oxygen atoms in total. The van der Waals surface area contributed by atoms with Crippen molar-refractivity contribution in [2.24, 2.45) is 5.18 Å². The molecule has 0 fully saturated rings. The summed E-state index contributed by atoms with van der Waals surface area (Å²) in [4.78, 5) is 21.5. The van der Waals surface area contributed by atoms with Crippen LogP contribution in [0.5, 0.6) is 0 Å². The Morgan fingerprint density at radius 2 is 2.27 bits per heavy atom. The van der Waals surface area contributed by atoms with Gasteiger partial charge in [0.15, 0.2) is 0 Å². The van der Waals surface area contributed by atoms with Gasteiger partial charge in [-0.15, -0.1) is 4.91 Å². The van der Waals surface area contributed by atoms with E-state index < -0.39 is 11.8 Å². The van der Waals surface area contributed by atoms with Gasteiger partial charge in [0.2, 0.25) is 0 Å². The minimum absolute atomic E-state index is 0.115. The SMILES string of the molecule is CCOC(=O)c1cc(N=O)c(N)cc1F. The van der Waals surface area contributed by atoms with Crippen LogP contribution in [0.15, 0.2) is 17.3 Å². The standard InChI is InChI=1S/C9H9FN2O3/c1-2-15-9(13)5-3-8(12-14)7(11)4-6(5)10/h3-4H,2,11H2,1H3. The highest BCUT2D eigenvalue weighted by Gasteiger charge is 2.16. The van der Waals surface area contributed by atoms with Crippen molar-refractivity contribution >= 4 is 17.3 Å². The highest BCUT2D eigenvalue weighted by atomic mass is 19.1. The zero-order valence-corrected chi connectivity index (χ0v) is 7.99. The van der Waals surface area contributed by atoms with E-state index in [-0.39, 0.29) is 23.5 Å². The summed E-state index contributed by atoms with van der Waals surface area (Å²) >= 11 is 0. The molecule has 0 amide bonds. The van der Waals surface area contributed by atoms with Gasteiger partial charge in [0.05, 0.1) is 17.9 Å². The lowest BCUT2D eigenvalue weighted by atomic mass is 10.1. The molecular formula is C9H9FN2O3. The topological polar surface area (TPSA) is 81.8 Å². The molecule has 1 aromatic rings. The Kier molecular flexibility index (Phi) is 3.33. The Balaban J connectivity index is 3.18. The van der Waals surface area contributed by atoms with Gasteiger partial charge in [-0.3, -0.25) is 0 Å². The van der Waals surface area contributed by atoms with Crippen molar-refractivity contribution in [2.45, 2.75) is 6.92 Å². The van der Waals surface area contributed by atoms with Gasteiger partial charge in [-0.05, 0) is 24.2 Å². The molecule has 0 aliphatic heterocycles. The molecule has 6 heteroatoms. The molecule has 1 rings (SSSR count). The third-order valence-electron chi connectivity index (χ3n) is 1.71. The number of benzene rings is 1. The first kappa shape index (κ1) is 11.1. The Bertz CT molecular complexity index is 407. The molecular weight excluding hydrogens is 203 g/mol. The summed E-state index contributed by atoms with van der Waals surface area (Å²) in [5.41, 5.74) is 4.65. The molecule has 0 spiro atoms. The number of hydrogen-bond donors (Lipinski definition) is 1. The second kappa shape index (κ2) is 4.50. The second-order valence-corrected chi connectivity index (χ2v) is 2.70. The van der Waals surface area contributed by atoms with Gasteiger partial charge in [0.1, 0.15) is 11.5 Å². The van der Waals surface area contributed by atoms with Crippen LogP contribution in [0.25, 0.3) is 0 Å². The maximum Gasteiger partial charge on any atom is 0.341 e. The predicted molar refractivity (Wildman–Crippen MR) is 52.2 cm³/mol. The van der Waals surface area contributed by atoms with Gasteiger partial charge < -0.3 is 10.5 Å². The monoisotopic (exact) mass is 212 g/mol. The van der Waals surface area contributed by atoms with Crippen LogP contribution in [0.4, 0.5) is 15.8 Å². The first-order valence-electron chi connectivity index (χ1n) is 4.19. The average molecular weight is 212 g/mol. The van der Waals surface area contributed by atoms with Crippen molar-refractivity contribution in [3.05, 3.63) is 28.4 Å². The fourth-order valence-corrected chi connectivity index (χ4v) is 1.02. The molecule has 0 saturated heterocycles. The molecule has 0 aliphatic carbocycles. The Hall–Kier alpha value is -1.98. The molecule has 80 valence electrons. The number of carbonyl (C=O) groups excluding carboxylic acids is 1. The third-order valence-corrected chi connectivity index (χ3v) is 1.71. The van der Waals surface area contributed by atoms with E-state index in [1.165, 1.54) is 0 Å². The molecule has 0 aromatic heterocycles. The maximum absolute atomic E-state index is 13.2. The number of nitrogens with two attached hydrogens (primary N) is 1. The first-order valence-corrected chi connectivity index (χ1v) is 4.19. The Morgan fingerprint density at radius 3 is 2.80 bits per heavy atom. The van der Waals surface area contributed by atoms with Crippen LogP contribution in [0.2, 0.25) is 0 Å². The predicted octanol–water partition coefficient (Wildman–Crippen LogP) is 1.98. The maximum atomic E-state index is 13.2. The highest BCUT2D eigenvalue weighted by Crippen LogP contribution is 2.25. The smallest absolute Gasteiger partial charge is 0.341 e. The fraction of sp³-hybridized carbons (Fsp3) is 0.222. The minimum atomic E-state index is -0.847. The van der Waals surface area contributed by atoms with Crippen molar-refractivity contribution in [1.29, 1.82) is 0 Å². The van der Waals surface area contributed by atoms with Crippen molar-refractivity contribution < 1.29 is 13.9 Å². The van der Waals surface area contributed by atoms with Crippen LogP contribution in [0.1, 0.15) is 17.3 Å². The van der Waals surface area contributed by atoms with E-state index >= 15 is 0 Å². The van der Waals surface area contributed by atoms with E-state index in [0.717, 1.165) is 12.1 Å². The zero-order valence-electron chi connectivity index (χ0n) is 7.99. The Labute approximate surface area is 85.0 Å². The molecule has 0 bridgehead atoms. The molecule has 2 N–H and O–H groups in total. The van der Waals surface area contributed by atoms with Crippen LogP contribution in [0.3, 0.4) is 0 Å². The number of nitrogens with zero attached hydrogens (tertiary/aromatic N) is 1. The fourth-order valence-electron chi connectivity index (χ4n) is 1.02. The lowest BCUT2D eigenvalue weighted by Gasteiger charge is -2.04. The second-order valence-electron chi connectivity index (χ2n) is 2.70. The average Bonchev–Trinajstić information content (AvgIpc) is 2.18. The molecule has 0 heterocycles. The summed E-state index contributed by atoms with van der Waals surface area (Å²) in [6.45, 7) is 1.71. The zero-order chi connectivity index (χ0) is 11.4. The van der Waals surface area contributed by atoms with Gasteiger partial charge >= 0.3 is 5.97 Å². The highest BCUT2D eigenvalue weighted by molar-refractivity contribution is 5.92. The third kappa shape index (κ3) is 2.28. The molecule has 15 heavy (non-hydrogen) atoms. The number of esters is 1. The largest absolute Gasteiger partial charge is 0.462 e. The van der Waals surface area contributed by atoms with Crippen LogP contribution < -0.4 is 5.73 Å². The van der Waals surface area contributed by atoms with Gasteiger partial charge in [-0.2, -0.15) is 0 Å². The van der Waals surface area contributed by atoms with Gasteiger partial charge in [-0.1, -0.05) is 0 Å². The lowest BCUT2D eigenvalue weighted by Crippen LogP contribution is -2.07. The minimum Gasteiger partial charge on any atom is -0.462 e. The lowest BCUT2D eigenvalue weighted by molar-refractivity contribution is 0.0521. The van der Waals surface area contributed by atoms with Crippen molar-refractivity contribution in [3.63, 3.8) is 0 Å².